The summed E-state index contributed by atoms with van der Waals surface area (Å²) in [6, 6.07) is 10.3. The molecule has 1 N–H and O–H groups in total. The van der Waals surface area contributed by atoms with E-state index in [1.807, 2.05) is 12.1 Å². The quantitative estimate of drug-likeness (QED) is 0.880. The zero-order valence-corrected chi connectivity index (χ0v) is 13.0. The lowest BCUT2D eigenvalue weighted by Gasteiger charge is -2.21. The number of hydrogen-bond donors (Lipinski definition) is 1. The second-order valence-corrected chi connectivity index (χ2v) is 5.52. The van der Waals surface area contributed by atoms with Crippen molar-refractivity contribution in [2.45, 2.75) is 33.2 Å². The van der Waals surface area contributed by atoms with Crippen LogP contribution in [0.15, 0.2) is 36.5 Å². The Hall–Kier alpha value is -1.38. The van der Waals surface area contributed by atoms with Crippen molar-refractivity contribution in [1.29, 1.82) is 0 Å². The minimum absolute atomic E-state index is 0.0456. The fraction of sp³-hybridized carbons (Fsp3) is 0.353. The van der Waals surface area contributed by atoms with E-state index < -0.39 is 0 Å². The largest absolute Gasteiger partial charge is 0.305 e. The molecular weight excluding hydrogens is 268 g/mol. The maximum atomic E-state index is 6.33. The summed E-state index contributed by atoms with van der Waals surface area (Å²) in [4.78, 5) is 4.48. The van der Waals surface area contributed by atoms with Gasteiger partial charge in [-0.15, -0.1) is 0 Å². The monoisotopic (exact) mass is 288 g/mol. The standard InChI is InChI=1S/C17H21ClN2/c1-4-9-19-16(17-15(18)6-5-10-20-17)14-8-7-12(2)11-13(14)3/h5-8,10-11,16,19H,4,9H2,1-3H3. The number of hydrogen-bond acceptors (Lipinski definition) is 2. The Morgan fingerprint density at radius 1 is 1.25 bits per heavy atom. The fourth-order valence-electron chi connectivity index (χ4n) is 2.40. The SMILES string of the molecule is CCCNC(c1ccc(C)cc1C)c1ncccc1Cl. The molecule has 3 heteroatoms. The average Bonchev–Trinajstić information content (AvgIpc) is 2.42. The summed E-state index contributed by atoms with van der Waals surface area (Å²) in [5.41, 5.74) is 4.67. The van der Waals surface area contributed by atoms with Gasteiger partial charge in [-0.1, -0.05) is 42.3 Å². The van der Waals surface area contributed by atoms with Gasteiger partial charge < -0.3 is 5.32 Å². The minimum Gasteiger partial charge on any atom is -0.305 e. The molecule has 0 amide bonds. The van der Waals surface area contributed by atoms with Gasteiger partial charge in [0.05, 0.1) is 16.8 Å². The molecule has 1 aromatic carbocycles. The van der Waals surface area contributed by atoms with Crippen LogP contribution in [0.3, 0.4) is 0 Å². The van der Waals surface area contributed by atoms with Gasteiger partial charge >= 0.3 is 0 Å². The molecule has 2 nitrogen and oxygen atoms in total. The first-order valence-electron chi connectivity index (χ1n) is 7.04. The third kappa shape index (κ3) is 3.38. The molecule has 1 atom stereocenters. The van der Waals surface area contributed by atoms with Crippen LogP contribution in [0.5, 0.6) is 0 Å². The number of pyridine rings is 1. The number of benzene rings is 1. The van der Waals surface area contributed by atoms with E-state index in [0.717, 1.165) is 18.7 Å². The molecule has 20 heavy (non-hydrogen) atoms. The van der Waals surface area contributed by atoms with Crippen LogP contribution in [0.1, 0.15) is 41.8 Å². The van der Waals surface area contributed by atoms with Gasteiger partial charge in [0, 0.05) is 6.20 Å². The van der Waals surface area contributed by atoms with Crippen LogP contribution in [-0.2, 0) is 0 Å². The summed E-state index contributed by atoms with van der Waals surface area (Å²) in [5.74, 6) is 0. The van der Waals surface area contributed by atoms with Crippen molar-refractivity contribution >= 4 is 11.6 Å². The summed E-state index contributed by atoms with van der Waals surface area (Å²) < 4.78 is 0. The highest BCUT2D eigenvalue weighted by Crippen LogP contribution is 2.28. The molecule has 0 aliphatic heterocycles. The van der Waals surface area contributed by atoms with Gasteiger partial charge in [0.25, 0.3) is 0 Å². The highest BCUT2D eigenvalue weighted by Gasteiger charge is 2.19. The Kier molecular flexibility index (Phi) is 5.16. The second-order valence-electron chi connectivity index (χ2n) is 5.12. The van der Waals surface area contributed by atoms with E-state index in [1.165, 1.54) is 16.7 Å². The van der Waals surface area contributed by atoms with Crippen molar-refractivity contribution in [3.63, 3.8) is 0 Å². The normalized spacial score (nSPS) is 12.4. The maximum absolute atomic E-state index is 6.33. The Labute approximate surface area is 126 Å². The molecule has 0 radical (unpaired) electrons. The van der Waals surface area contributed by atoms with Gasteiger partial charge in [-0.05, 0) is 50.1 Å². The van der Waals surface area contributed by atoms with Crippen molar-refractivity contribution < 1.29 is 0 Å². The minimum atomic E-state index is 0.0456. The molecule has 1 unspecified atom stereocenters. The van der Waals surface area contributed by atoms with E-state index in [2.05, 4.69) is 49.3 Å². The Morgan fingerprint density at radius 3 is 2.70 bits per heavy atom. The smallest absolute Gasteiger partial charge is 0.0804 e. The van der Waals surface area contributed by atoms with Gasteiger partial charge in [-0.3, -0.25) is 4.98 Å². The zero-order chi connectivity index (χ0) is 14.5. The fourth-order valence-corrected chi connectivity index (χ4v) is 2.63. The number of halogens is 1. The van der Waals surface area contributed by atoms with E-state index in [9.17, 15) is 0 Å². The molecule has 0 aliphatic rings. The Bertz CT molecular complexity index is 581. The van der Waals surface area contributed by atoms with Crippen molar-refractivity contribution in [3.05, 3.63) is 63.9 Å². The molecule has 0 spiro atoms. The van der Waals surface area contributed by atoms with E-state index in [4.69, 9.17) is 11.6 Å². The summed E-state index contributed by atoms with van der Waals surface area (Å²) in [6.45, 7) is 7.34. The van der Waals surface area contributed by atoms with E-state index in [0.29, 0.717) is 5.02 Å². The molecule has 2 rings (SSSR count). The lowest BCUT2D eigenvalue weighted by Crippen LogP contribution is -2.25. The Morgan fingerprint density at radius 2 is 2.05 bits per heavy atom. The van der Waals surface area contributed by atoms with Crippen LogP contribution in [-0.4, -0.2) is 11.5 Å². The molecule has 1 heterocycles. The third-order valence-electron chi connectivity index (χ3n) is 3.40. The highest BCUT2D eigenvalue weighted by molar-refractivity contribution is 6.31. The topological polar surface area (TPSA) is 24.9 Å². The first-order chi connectivity index (χ1) is 9.63. The van der Waals surface area contributed by atoms with Gasteiger partial charge in [0.1, 0.15) is 0 Å². The predicted molar refractivity (Wildman–Crippen MR) is 85.3 cm³/mol. The number of aryl methyl sites for hydroxylation is 2. The third-order valence-corrected chi connectivity index (χ3v) is 3.71. The molecule has 0 saturated heterocycles. The summed E-state index contributed by atoms with van der Waals surface area (Å²) in [7, 11) is 0. The second kappa shape index (κ2) is 6.87. The maximum Gasteiger partial charge on any atom is 0.0804 e. The van der Waals surface area contributed by atoms with Gasteiger partial charge in [-0.2, -0.15) is 0 Å². The van der Waals surface area contributed by atoms with E-state index >= 15 is 0 Å². The molecule has 1 aromatic heterocycles. The molecule has 0 bridgehead atoms. The summed E-state index contributed by atoms with van der Waals surface area (Å²) >= 11 is 6.33. The van der Waals surface area contributed by atoms with E-state index in [1.54, 1.807) is 6.20 Å². The number of nitrogens with one attached hydrogen (secondary N) is 1. The predicted octanol–water partition coefficient (Wildman–Crippen LogP) is 4.44. The molecule has 0 fully saturated rings. The van der Waals surface area contributed by atoms with Crippen LogP contribution in [0.4, 0.5) is 0 Å². The van der Waals surface area contributed by atoms with Crippen LogP contribution in [0, 0.1) is 13.8 Å². The van der Waals surface area contributed by atoms with Crippen molar-refractivity contribution in [2.24, 2.45) is 0 Å². The van der Waals surface area contributed by atoms with E-state index in [-0.39, 0.29) is 6.04 Å². The number of rotatable bonds is 5. The van der Waals surface area contributed by atoms with Crippen LogP contribution < -0.4 is 5.32 Å². The molecular formula is C17H21ClN2. The number of aromatic nitrogens is 1. The summed E-state index contributed by atoms with van der Waals surface area (Å²) in [5, 5.41) is 4.27. The van der Waals surface area contributed by atoms with Crippen LogP contribution in [0.2, 0.25) is 5.02 Å². The Balaban J connectivity index is 2.44. The van der Waals surface area contributed by atoms with Crippen LogP contribution >= 0.6 is 11.6 Å². The van der Waals surface area contributed by atoms with Crippen molar-refractivity contribution in [2.75, 3.05) is 6.54 Å². The lowest BCUT2D eigenvalue weighted by molar-refractivity contribution is 0.584. The van der Waals surface area contributed by atoms with Gasteiger partial charge in [0.15, 0.2) is 0 Å². The van der Waals surface area contributed by atoms with Crippen molar-refractivity contribution in [3.8, 4) is 0 Å². The molecule has 2 aromatic rings. The van der Waals surface area contributed by atoms with Crippen LogP contribution in [0.25, 0.3) is 0 Å². The lowest BCUT2D eigenvalue weighted by atomic mass is 9.96. The van der Waals surface area contributed by atoms with Gasteiger partial charge in [-0.25, -0.2) is 0 Å². The zero-order valence-electron chi connectivity index (χ0n) is 12.3. The average molecular weight is 289 g/mol. The van der Waals surface area contributed by atoms with Gasteiger partial charge in [0.2, 0.25) is 0 Å². The molecule has 0 aliphatic carbocycles. The molecule has 0 saturated carbocycles. The highest BCUT2D eigenvalue weighted by atomic mass is 35.5. The number of nitrogens with zero attached hydrogens (tertiary/aromatic N) is 1. The first kappa shape index (κ1) is 15.0. The van der Waals surface area contributed by atoms with Crippen molar-refractivity contribution in [1.82, 2.24) is 10.3 Å². The molecule has 106 valence electrons. The summed E-state index contributed by atoms with van der Waals surface area (Å²) in [6.07, 6.45) is 2.87. The first-order valence-corrected chi connectivity index (χ1v) is 7.42.